The maximum absolute atomic E-state index is 11.7. The summed E-state index contributed by atoms with van der Waals surface area (Å²) in [7, 11) is 0. The van der Waals surface area contributed by atoms with Crippen LogP contribution < -0.4 is 5.32 Å². The Kier molecular flexibility index (Phi) is 4.42. The molecule has 2 aromatic carbocycles. The lowest BCUT2D eigenvalue weighted by Gasteiger charge is -2.10. The number of amides is 1. The van der Waals surface area contributed by atoms with Gasteiger partial charge in [-0.15, -0.1) is 0 Å². The molecule has 0 spiro atoms. The molecule has 4 heteroatoms. The molecule has 3 nitrogen and oxygen atoms in total. The molecule has 0 aliphatic carbocycles. The average molecular weight is 276 g/mol. The largest absolute Gasteiger partial charge is 0.444 e. The first-order chi connectivity index (χ1) is 9.16. The number of anilines is 1. The van der Waals surface area contributed by atoms with Crippen LogP contribution in [0.3, 0.4) is 0 Å². The van der Waals surface area contributed by atoms with Crippen LogP contribution in [0.5, 0.6) is 0 Å². The molecule has 0 bridgehead atoms. The molecular formula is C15H14ClNO2. The van der Waals surface area contributed by atoms with Gasteiger partial charge in [0.1, 0.15) is 6.61 Å². The van der Waals surface area contributed by atoms with E-state index in [0.717, 1.165) is 11.1 Å². The molecule has 0 saturated heterocycles. The molecule has 0 aromatic heterocycles. The van der Waals surface area contributed by atoms with Gasteiger partial charge in [-0.1, -0.05) is 48.0 Å². The van der Waals surface area contributed by atoms with Crippen molar-refractivity contribution in [3.05, 3.63) is 64.7 Å². The number of nitrogens with one attached hydrogen (secondary N) is 1. The molecule has 98 valence electrons. The summed E-state index contributed by atoms with van der Waals surface area (Å²) < 4.78 is 5.13. The zero-order chi connectivity index (χ0) is 13.7. The molecule has 1 N–H and O–H groups in total. The Morgan fingerprint density at radius 1 is 1.16 bits per heavy atom. The van der Waals surface area contributed by atoms with E-state index in [-0.39, 0.29) is 6.61 Å². The molecule has 2 rings (SSSR count). The summed E-state index contributed by atoms with van der Waals surface area (Å²) in [5, 5.41) is 3.29. The maximum atomic E-state index is 11.7. The summed E-state index contributed by atoms with van der Waals surface area (Å²) >= 11 is 5.98. The molecular weight excluding hydrogens is 262 g/mol. The highest BCUT2D eigenvalue weighted by molar-refractivity contribution is 6.31. The number of ether oxygens (including phenoxy) is 1. The lowest BCUT2D eigenvalue weighted by atomic mass is 10.2. The van der Waals surface area contributed by atoms with Crippen molar-refractivity contribution in [3.8, 4) is 0 Å². The van der Waals surface area contributed by atoms with E-state index in [0.29, 0.717) is 10.7 Å². The van der Waals surface area contributed by atoms with Gasteiger partial charge in [-0.2, -0.15) is 0 Å². The summed E-state index contributed by atoms with van der Waals surface area (Å²) in [6.07, 6.45) is -0.491. The van der Waals surface area contributed by atoms with Crippen molar-refractivity contribution in [2.75, 3.05) is 5.32 Å². The number of rotatable bonds is 3. The van der Waals surface area contributed by atoms with Gasteiger partial charge in [0.2, 0.25) is 0 Å². The summed E-state index contributed by atoms with van der Waals surface area (Å²) in [6, 6.07) is 14.9. The first-order valence-electron chi connectivity index (χ1n) is 5.89. The molecule has 0 fully saturated rings. The molecule has 2 aromatic rings. The number of halogens is 1. The second-order valence-corrected chi connectivity index (χ2v) is 4.51. The quantitative estimate of drug-likeness (QED) is 0.902. The fraction of sp³-hybridized carbons (Fsp3) is 0.133. The highest BCUT2D eigenvalue weighted by atomic mass is 35.5. The van der Waals surface area contributed by atoms with Gasteiger partial charge >= 0.3 is 6.09 Å². The molecule has 0 atom stereocenters. The van der Waals surface area contributed by atoms with Gasteiger partial charge in [-0.05, 0) is 30.2 Å². The molecule has 1 amide bonds. The number of carbonyl (C=O) groups is 1. The molecule has 0 unspecified atom stereocenters. The lowest BCUT2D eigenvalue weighted by molar-refractivity contribution is 0.155. The normalized spacial score (nSPS) is 10.0. The van der Waals surface area contributed by atoms with Gasteiger partial charge in [0.05, 0.1) is 0 Å². The summed E-state index contributed by atoms with van der Waals surface area (Å²) in [5.74, 6) is 0. The van der Waals surface area contributed by atoms with Gasteiger partial charge < -0.3 is 4.74 Å². The minimum atomic E-state index is -0.491. The highest BCUT2D eigenvalue weighted by Gasteiger charge is 2.07. The van der Waals surface area contributed by atoms with Gasteiger partial charge in [0.15, 0.2) is 0 Å². The van der Waals surface area contributed by atoms with Crippen LogP contribution in [0.2, 0.25) is 5.02 Å². The maximum Gasteiger partial charge on any atom is 0.411 e. The minimum absolute atomic E-state index is 0.242. The van der Waals surface area contributed by atoms with Crippen LogP contribution in [0.25, 0.3) is 0 Å². The van der Waals surface area contributed by atoms with E-state index >= 15 is 0 Å². The van der Waals surface area contributed by atoms with Crippen LogP contribution in [0, 0.1) is 6.92 Å². The first-order valence-corrected chi connectivity index (χ1v) is 6.27. The topological polar surface area (TPSA) is 38.3 Å². The molecule has 0 heterocycles. The van der Waals surface area contributed by atoms with Crippen LogP contribution in [0.1, 0.15) is 11.1 Å². The van der Waals surface area contributed by atoms with E-state index in [9.17, 15) is 4.79 Å². The van der Waals surface area contributed by atoms with Crippen molar-refractivity contribution < 1.29 is 9.53 Å². The number of benzene rings is 2. The molecule has 0 radical (unpaired) electrons. The Morgan fingerprint density at radius 2 is 1.89 bits per heavy atom. The second-order valence-electron chi connectivity index (χ2n) is 4.10. The number of carbonyl (C=O) groups excluding carboxylic acids is 1. The van der Waals surface area contributed by atoms with Crippen molar-refractivity contribution in [3.63, 3.8) is 0 Å². The summed E-state index contributed by atoms with van der Waals surface area (Å²) in [4.78, 5) is 11.7. The Labute approximate surface area is 117 Å². The second kappa shape index (κ2) is 6.25. The Hall–Kier alpha value is -2.00. The molecule has 19 heavy (non-hydrogen) atoms. The first kappa shape index (κ1) is 13.4. The van der Waals surface area contributed by atoms with Crippen LogP contribution in [-0.2, 0) is 11.3 Å². The van der Waals surface area contributed by atoms with E-state index < -0.39 is 6.09 Å². The molecule has 0 saturated carbocycles. The van der Waals surface area contributed by atoms with Gasteiger partial charge in [0.25, 0.3) is 0 Å². The van der Waals surface area contributed by atoms with E-state index in [4.69, 9.17) is 16.3 Å². The van der Waals surface area contributed by atoms with Crippen molar-refractivity contribution in [1.82, 2.24) is 0 Å². The van der Waals surface area contributed by atoms with Crippen LogP contribution in [-0.4, -0.2) is 6.09 Å². The van der Waals surface area contributed by atoms with Crippen LogP contribution >= 0.6 is 11.6 Å². The predicted octanol–water partition coefficient (Wildman–Crippen LogP) is 4.40. The monoisotopic (exact) mass is 275 g/mol. The lowest BCUT2D eigenvalue weighted by Crippen LogP contribution is -2.14. The van der Waals surface area contributed by atoms with E-state index in [1.54, 1.807) is 18.2 Å². The highest BCUT2D eigenvalue weighted by Crippen LogP contribution is 2.23. The predicted molar refractivity (Wildman–Crippen MR) is 76.4 cm³/mol. The fourth-order valence-electron chi connectivity index (χ4n) is 1.61. The van der Waals surface area contributed by atoms with Crippen molar-refractivity contribution in [2.24, 2.45) is 0 Å². The van der Waals surface area contributed by atoms with E-state index in [1.165, 1.54) is 0 Å². The molecule has 0 aliphatic rings. The smallest absolute Gasteiger partial charge is 0.411 e. The van der Waals surface area contributed by atoms with Crippen LogP contribution in [0.4, 0.5) is 10.5 Å². The third-order valence-electron chi connectivity index (χ3n) is 2.72. The van der Waals surface area contributed by atoms with E-state index in [1.807, 2.05) is 37.3 Å². The van der Waals surface area contributed by atoms with Gasteiger partial charge in [-0.3, -0.25) is 5.32 Å². The van der Waals surface area contributed by atoms with Crippen molar-refractivity contribution in [2.45, 2.75) is 13.5 Å². The van der Waals surface area contributed by atoms with Crippen molar-refractivity contribution in [1.29, 1.82) is 0 Å². The van der Waals surface area contributed by atoms with Gasteiger partial charge in [0, 0.05) is 10.7 Å². The third-order valence-corrected chi connectivity index (χ3v) is 3.13. The zero-order valence-electron chi connectivity index (χ0n) is 10.5. The standard InChI is InChI=1S/C15H14ClNO2/c1-11-13(16)8-5-9-14(11)17-15(18)19-10-12-6-3-2-4-7-12/h2-9H,10H2,1H3,(H,17,18). The van der Waals surface area contributed by atoms with Crippen molar-refractivity contribution >= 4 is 23.4 Å². The summed E-state index contributed by atoms with van der Waals surface area (Å²) in [5.41, 5.74) is 2.42. The minimum Gasteiger partial charge on any atom is -0.444 e. The third kappa shape index (κ3) is 3.73. The Bertz CT molecular complexity index is 570. The molecule has 0 aliphatic heterocycles. The zero-order valence-corrected chi connectivity index (χ0v) is 11.3. The van der Waals surface area contributed by atoms with E-state index in [2.05, 4.69) is 5.32 Å². The fourth-order valence-corrected chi connectivity index (χ4v) is 1.79. The van der Waals surface area contributed by atoms with Gasteiger partial charge in [-0.25, -0.2) is 4.79 Å². The average Bonchev–Trinajstić information content (AvgIpc) is 2.43. The SMILES string of the molecule is Cc1c(Cl)cccc1NC(=O)OCc1ccccc1. The van der Waals surface area contributed by atoms with Crippen LogP contribution in [0.15, 0.2) is 48.5 Å². The number of hydrogen-bond acceptors (Lipinski definition) is 2. The number of hydrogen-bond donors (Lipinski definition) is 1. The Morgan fingerprint density at radius 3 is 2.63 bits per heavy atom. The summed E-state index contributed by atoms with van der Waals surface area (Å²) in [6.45, 7) is 2.08. The Balaban J connectivity index is 1.93.